The molecule has 0 saturated carbocycles. The van der Waals surface area contributed by atoms with Gasteiger partial charge < -0.3 is 9.15 Å². The predicted octanol–water partition coefficient (Wildman–Crippen LogP) is 3.73. The van der Waals surface area contributed by atoms with E-state index in [2.05, 4.69) is 15.5 Å². The van der Waals surface area contributed by atoms with Gasteiger partial charge in [0, 0.05) is 6.92 Å². The van der Waals surface area contributed by atoms with Crippen LogP contribution in [0.5, 0.6) is 11.5 Å². The highest BCUT2D eigenvalue weighted by molar-refractivity contribution is 6.05. The van der Waals surface area contributed by atoms with E-state index in [9.17, 15) is 4.79 Å². The number of benzene rings is 2. The standard InChI is InChI=1S/C17H15N3O3/c1-11-6-5-7-13(10-11)23-15-9-4-3-8-14(15)16(21)18-17-20-19-12(2)22-17/h3-10H,1-2H3,(H,18,20,21). The summed E-state index contributed by atoms with van der Waals surface area (Å²) in [5, 5.41) is 9.98. The molecule has 0 saturated heterocycles. The van der Waals surface area contributed by atoms with Gasteiger partial charge in [0.2, 0.25) is 5.89 Å². The molecule has 1 N–H and O–H groups in total. The zero-order chi connectivity index (χ0) is 16.2. The van der Waals surface area contributed by atoms with Crippen LogP contribution in [0.1, 0.15) is 21.8 Å². The largest absolute Gasteiger partial charge is 0.457 e. The van der Waals surface area contributed by atoms with Gasteiger partial charge in [0.1, 0.15) is 11.5 Å². The van der Waals surface area contributed by atoms with E-state index >= 15 is 0 Å². The third-order valence-electron chi connectivity index (χ3n) is 3.10. The minimum absolute atomic E-state index is 0.0536. The zero-order valence-corrected chi connectivity index (χ0v) is 12.7. The summed E-state index contributed by atoms with van der Waals surface area (Å²) in [4.78, 5) is 12.4. The minimum Gasteiger partial charge on any atom is -0.457 e. The molecule has 2 aromatic carbocycles. The molecule has 0 unspecified atom stereocenters. The van der Waals surface area contributed by atoms with Crippen molar-refractivity contribution in [2.45, 2.75) is 13.8 Å². The van der Waals surface area contributed by atoms with Gasteiger partial charge in [-0.05, 0) is 36.8 Å². The van der Waals surface area contributed by atoms with Crippen molar-refractivity contribution in [2.75, 3.05) is 5.32 Å². The number of carbonyl (C=O) groups excluding carboxylic acids is 1. The molecule has 6 nitrogen and oxygen atoms in total. The Balaban J connectivity index is 1.84. The van der Waals surface area contributed by atoms with E-state index in [1.54, 1.807) is 31.2 Å². The lowest BCUT2D eigenvalue weighted by Gasteiger charge is -2.10. The van der Waals surface area contributed by atoms with E-state index in [1.165, 1.54) is 0 Å². The highest BCUT2D eigenvalue weighted by atomic mass is 16.5. The van der Waals surface area contributed by atoms with Crippen molar-refractivity contribution < 1.29 is 13.9 Å². The fraction of sp³-hybridized carbons (Fsp3) is 0.118. The molecule has 0 radical (unpaired) electrons. The van der Waals surface area contributed by atoms with Crippen molar-refractivity contribution >= 4 is 11.9 Å². The van der Waals surface area contributed by atoms with Gasteiger partial charge in [-0.2, -0.15) is 0 Å². The molecular weight excluding hydrogens is 294 g/mol. The minimum atomic E-state index is -0.378. The Labute approximate surface area is 133 Å². The lowest BCUT2D eigenvalue weighted by molar-refractivity contribution is 0.102. The van der Waals surface area contributed by atoms with Crippen molar-refractivity contribution in [1.29, 1.82) is 0 Å². The van der Waals surface area contributed by atoms with Gasteiger partial charge >= 0.3 is 6.01 Å². The second kappa shape index (κ2) is 6.31. The summed E-state index contributed by atoms with van der Waals surface area (Å²) < 4.78 is 11.0. The van der Waals surface area contributed by atoms with Crippen LogP contribution < -0.4 is 10.1 Å². The molecule has 116 valence electrons. The molecule has 0 spiro atoms. The van der Waals surface area contributed by atoms with Gasteiger partial charge in [-0.15, -0.1) is 5.10 Å². The molecule has 0 bridgehead atoms. The second-order valence-corrected chi connectivity index (χ2v) is 5.00. The van der Waals surface area contributed by atoms with E-state index in [1.807, 2.05) is 31.2 Å². The molecule has 3 rings (SSSR count). The summed E-state index contributed by atoms with van der Waals surface area (Å²) in [5.41, 5.74) is 1.45. The van der Waals surface area contributed by atoms with Crippen molar-refractivity contribution in [3.63, 3.8) is 0 Å². The predicted molar refractivity (Wildman–Crippen MR) is 84.7 cm³/mol. The maximum absolute atomic E-state index is 12.4. The second-order valence-electron chi connectivity index (χ2n) is 5.00. The van der Waals surface area contributed by atoms with Crippen LogP contribution in [0, 0.1) is 13.8 Å². The van der Waals surface area contributed by atoms with Crippen LogP contribution >= 0.6 is 0 Å². The average molecular weight is 309 g/mol. The van der Waals surface area contributed by atoms with E-state index in [-0.39, 0.29) is 11.9 Å². The molecule has 1 aromatic heterocycles. The lowest BCUT2D eigenvalue weighted by atomic mass is 10.2. The Kier molecular flexibility index (Phi) is 4.05. The van der Waals surface area contributed by atoms with Crippen molar-refractivity contribution in [1.82, 2.24) is 10.2 Å². The van der Waals surface area contributed by atoms with Crippen LogP contribution in [-0.2, 0) is 0 Å². The number of aryl methyl sites for hydroxylation is 2. The van der Waals surface area contributed by atoms with Crippen LogP contribution in [0.2, 0.25) is 0 Å². The normalized spacial score (nSPS) is 10.3. The summed E-state index contributed by atoms with van der Waals surface area (Å²) in [7, 11) is 0. The van der Waals surface area contributed by atoms with Gasteiger partial charge in [0.25, 0.3) is 5.91 Å². The van der Waals surface area contributed by atoms with Crippen molar-refractivity contribution in [2.24, 2.45) is 0 Å². The average Bonchev–Trinajstić information content (AvgIpc) is 2.93. The first kappa shape index (κ1) is 14.8. The molecule has 0 fully saturated rings. The number of anilines is 1. The van der Waals surface area contributed by atoms with Crippen LogP contribution in [0.3, 0.4) is 0 Å². The first-order chi connectivity index (χ1) is 11.1. The molecule has 0 atom stereocenters. The first-order valence-corrected chi connectivity index (χ1v) is 7.07. The SMILES string of the molecule is Cc1cccc(Oc2ccccc2C(=O)Nc2nnc(C)o2)c1. The number of para-hydroxylation sites is 1. The van der Waals surface area contributed by atoms with Crippen LogP contribution in [0.4, 0.5) is 6.01 Å². The van der Waals surface area contributed by atoms with Gasteiger partial charge in [-0.1, -0.05) is 29.4 Å². The number of hydrogen-bond acceptors (Lipinski definition) is 5. The Bertz CT molecular complexity index is 842. The topological polar surface area (TPSA) is 77.2 Å². The Morgan fingerprint density at radius 3 is 2.65 bits per heavy atom. The van der Waals surface area contributed by atoms with Gasteiger partial charge in [-0.25, -0.2) is 0 Å². The van der Waals surface area contributed by atoms with Crippen LogP contribution in [0.25, 0.3) is 0 Å². The van der Waals surface area contributed by atoms with E-state index in [0.29, 0.717) is 23.0 Å². The smallest absolute Gasteiger partial charge is 0.322 e. The Morgan fingerprint density at radius 1 is 1.09 bits per heavy atom. The zero-order valence-electron chi connectivity index (χ0n) is 12.7. The monoisotopic (exact) mass is 309 g/mol. The number of nitrogens with zero attached hydrogens (tertiary/aromatic N) is 2. The number of amides is 1. The number of nitrogens with one attached hydrogen (secondary N) is 1. The van der Waals surface area contributed by atoms with E-state index in [0.717, 1.165) is 5.56 Å². The molecule has 3 aromatic rings. The molecular formula is C17H15N3O3. The highest BCUT2D eigenvalue weighted by Crippen LogP contribution is 2.26. The molecule has 1 amide bonds. The molecule has 0 aliphatic carbocycles. The van der Waals surface area contributed by atoms with Crippen molar-refractivity contribution in [3.8, 4) is 11.5 Å². The summed E-state index contributed by atoms with van der Waals surface area (Å²) in [6.07, 6.45) is 0. The fourth-order valence-electron chi connectivity index (χ4n) is 2.06. The van der Waals surface area contributed by atoms with Gasteiger partial charge in [-0.3, -0.25) is 10.1 Å². The number of aromatic nitrogens is 2. The maximum atomic E-state index is 12.4. The maximum Gasteiger partial charge on any atom is 0.322 e. The van der Waals surface area contributed by atoms with Crippen LogP contribution in [0.15, 0.2) is 52.9 Å². The quantitative estimate of drug-likeness (QED) is 0.794. The van der Waals surface area contributed by atoms with Crippen molar-refractivity contribution in [3.05, 3.63) is 65.5 Å². The summed E-state index contributed by atoms with van der Waals surface area (Å²) in [6, 6.07) is 14.6. The molecule has 23 heavy (non-hydrogen) atoms. The van der Waals surface area contributed by atoms with E-state index < -0.39 is 0 Å². The van der Waals surface area contributed by atoms with Gasteiger partial charge in [0.05, 0.1) is 5.56 Å². The number of rotatable bonds is 4. The van der Waals surface area contributed by atoms with Crippen LogP contribution in [-0.4, -0.2) is 16.1 Å². The summed E-state index contributed by atoms with van der Waals surface area (Å²) in [5.74, 6) is 1.12. The summed E-state index contributed by atoms with van der Waals surface area (Å²) >= 11 is 0. The number of hydrogen-bond donors (Lipinski definition) is 1. The van der Waals surface area contributed by atoms with E-state index in [4.69, 9.17) is 9.15 Å². The fourth-order valence-corrected chi connectivity index (χ4v) is 2.06. The first-order valence-electron chi connectivity index (χ1n) is 7.07. The Hall–Kier alpha value is -3.15. The summed E-state index contributed by atoms with van der Waals surface area (Å²) in [6.45, 7) is 3.63. The van der Waals surface area contributed by atoms with Gasteiger partial charge in [0.15, 0.2) is 0 Å². The Morgan fingerprint density at radius 2 is 1.91 bits per heavy atom. The molecule has 0 aliphatic rings. The molecule has 1 heterocycles. The molecule has 0 aliphatic heterocycles. The third-order valence-corrected chi connectivity index (χ3v) is 3.10. The third kappa shape index (κ3) is 3.55. The number of carbonyl (C=O) groups is 1. The number of ether oxygens (including phenoxy) is 1. The lowest BCUT2D eigenvalue weighted by Crippen LogP contribution is -2.13. The molecule has 6 heteroatoms. The highest BCUT2D eigenvalue weighted by Gasteiger charge is 2.15.